The molecular formula is C21H24N2O2. The van der Waals surface area contributed by atoms with Gasteiger partial charge in [0.25, 0.3) is 0 Å². The maximum atomic E-state index is 12.4. The molecule has 0 fully saturated rings. The fraction of sp³-hybridized carbons (Fsp3) is 0.381. The number of pyridine rings is 1. The van der Waals surface area contributed by atoms with Crippen LogP contribution in [0.1, 0.15) is 65.8 Å². The Labute approximate surface area is 148 Å². The highest BCUT2D eigenvalue weighted by Crippen LogP contribution is 2.23. The van der Waals surface area contributed by atoms with Gasteiger partial charge < -0.3 is 5.32 Å². The van der Waals surface area contributed by atoms with E-state index in [1.54, 1.807) is 6.20 Å². The quantitative estimate of drug-likeness (QED) is 0.816. The van der Waals surface area contributed by atoms with Crippen LogP contribution in [0.15, 0.2) is 42.6 Å². The SMILES string of the molecule is CC(NC(=O)CCC(=O)c1ccc2c(c1)CCCC2)c1ccccn1. The second kappa shape index (κ2) is 8.06. The minimum atomic E-state index is -0.160. The molecule has 3 rings (SSSR count). The molecule has 4 nitrogen and oxygen atoms in total. The first kappa shape index (κ1) is 17.3. The van der Waals surface area contributed by atoms with Crippen molar-refractivity contribution in [3.8, 4) is 0 Å². The Kier molecular flexibility index (Phi) is 5.59. The predicted octanol–water partition coefficient (Wildman–Crippen LogP) is 3.80. The number of aromatic nitrogens is 1. The minimum absolute atomic E-state index is 0.0361. The third-order valence-corrected chi connectivity index (χ3v) is 4.76. The Morgan fingerprint density at radius 2 is 1.88 bits per heavy atom. The van der Waals surface area contributed by atoms with Gasteiger partial charge >= 0.3 is 0 Å². The third-order valence-electron chi connectivity index (χ3n) is 4.76. The highest BCUT2D eigenvalue weighted by Gasteiger charge is 2.15. The molecule has 0 saturated carbocycles. The van der Waals surface area contributed by atoms with Gasteiger partial charge in [-0.2, -0.15) is 0 Å². The Bertz CT molecular complexity index is 756. The van der Waals surface area contributed by atoms with E-state index in [0.717, 1.165) is 24.1 Å². The summed E-state index contributed by atoms with van der Waals surface area (Å²) >= 11 is 0. The van der Waals surface area contributed by atoms with Crippen molar-refractivity contribution in [3.63, 3.8) is 0 Å². The fourth-order valence-corrected chi connectivity index (χ4v) is 3.30. The van der Waals surface area contributed by atoms with E-state index in [-0.39, 0.29) is 30.6 Å². The summed E-state index contributed by atoms with van der Waals surface area (Å²) in [5, 5.41) is 2.90. The molecule has 130 valence electrons. The van der Waals surface area contributed by atoms with Crippen LogP contribution in [0.3, 0.4) is 0 Å². The number of carbonyl (C=O) groups excluding carboxylic acids is 2. The maximum Gasteiger partial charge on any atom is 0.220 e. The Hall–Kier alpha value is -2.49. The predicted molar refractivity (Wildman–Crippen MR) is 97.4 cm³/mol. The van der Waals surface area contributed by atoms with Gasteiger partial charge in [0.15, 0.2) is 5.78 Å². The third kappa shape index (κ3) is 4.53. The van der Waals surface area contributed by atoms with E-state index in [4.69, 9.17) is 0 Å². The molecule has 1 amide bonds. The van der Waals surface area contributed by atoms with Gasteiger partial charge in [0.1, 0.15) is 0 Å². The van der Waals surface area contributed by atoms with Crippen LogP contribution in [0, 0.1) is 0 Å². The smallest absolute Gasteiger partial charge is 0.220 e. The molecule has 1 heterocycles. The van der Waals surface area contributed by atoms with E-state index in [1.807, 2.05) is 37.3 Å². The van der Waals surface area contributed by atoms with Crippen molar-refractivity contribution >= 4 is 11.7 Å². The number of amides is 1. The summed E-state index contributed by atoms with van der Waals surface area (Å²) in [7, 11) is 0. The van der Waals surface area contributed by atoms with E-state index in [0.29, 0.717) is 0 Å². The maximum absolute atomic E-state index is 12.4. The first-order valence-electron chi connectivity index (χ1n) is 8.99. The number of rotatable bonds is 6. The standard InChI is InChI=1S/C21H24N2O2/c1-15(19-8-4-5-13-22-19)23-21(25)12-11-20(24)18-10-9-16-6-2-3-7-17(16)14-18/h4-5,8-10,13-15H,2-3,6-7,11-12H2,1H3,(H,23,25). The molecule has 25 heavy (non-hydrogen) atoms. The van der Waals surface area contributed by atoms with Gasteiger partial charge in [-0.1, -0.05) is 18.2 Å². The van der Waals surface area contributed by atoms with Gasteiger partial charge in [-0.25, -0.2) is 0 Å². The summed E-state index contributed by atoms with van der Waals surface area (Å²) in [6.07, 6.45) is 6.73. The number of ketones is 1. The zero-order valence-electron chi connectivity index (χ0n) is 14.6. The van der Waals surface area contributed by atoms with Gasteiger partial charge in [0, 0.05) is 24.6 Å². The van der Waals surface area contributed by atoms with Crippen molar-refractivity contribution in [2.45, 2.75) is 51.5 Å². The monoisotopic (exact) mass is 336 g/mol. The van der Waals surface area contributed by atoms with Crippen molar-refractivity contribution < 1.29 is 9.59 Å². The largest absolute Gasteiger partial charge is 0.348 e. The van der Waals surface area contributed by atoms with Crippen molar-refractivity contribution in [1.29, 1.82) is 0 Å². The number of hydrogen-bond donors (Lipinski definition) is 1. The molecule has 2 aromatic rings. The molecular weight excluding hydrogens is 312 g/mol. The normalized spacial score (nSPS) is 14.4. The van der Waals surface area contributed by atoms with E-state index in [2.05, 4.69) is 16.4 Å². The molecule has 0 spiro atoms. The van der Waals surface area contributed by atoms with E-state index in [1.165, 1.54) is 24.0 Å². The lowest BCUT2D eigenvalue weighted by Crippen LogP contribution is -2.27. The Morgan fingerprint density at radius 3 is 2.64 bits per heavy atom. The molecule has 1 aliphatic carbocycles. The minimum Gasteiger partial charge on any atom is -0.348 e. The molecule has 0 saturated heterocycles. The first-order chi connectivity index (χ1) is 12.1. The molecule has 1 aromatic carbocycles. The van der Waals surface area contributed by atoms with Crippen LogP contribution >= 0.6 is 0 Å². The number of hydrogen-bond acceptors (Lipinski definition) is 3. The Morgan fingerprint density at radius 1 is 1.08 bits per heavy atom. The van der Waals surface area contributed by atoms with Crippen LogP contribution < -0.4 is 5.32 Å². The zero-order chi connectivity index (χ0) is 17.6. The van der Waals surface area contributed by atoms with Crippen molar-refractivity contribution in [2.75, 3.05) is 0 Å². The van der Waals surface area contributed by atoms with Gasteiger partial charge in [-0.3, -0.25) is 14.6 Å². The second-order valence-corrected chi connectivity index (χ2v) is 6.66. The number of Topliss-reactive ketones (excluding diaryl/α,β-unsaturated/α-hetero) is 1. The number of carbonyl (C=O) groups is 2. The molecule has 0 radical (unpaired) electrons. The average Bonchev–Trinajstić information content (AvgIpc) is 2.66. The van der Waals surface area contributed by atoms with E-state index < -0.39 is 0 Å². The van der Waals surface area contributed by atoms with Gasteiger partial charge in [0.05, 0.1) is 11.7 Å². The summed E-state index contributed by atoms with van der Waals surface area (Å²) in [6.45, 7) is 1.89. The van der Waals surface area contributed by atoms with Crippen molar-refractivity contribution in [2.24, 2.45) is 0 Å². The Balaban J connectivity index is 1.52. The molecule has 0 bridgehead atoms. The van der Waals surface area contributed by atoms with E-state index >= 15 is 0 Å². The molecule has 1 aromatic heterocycles. The topological polar surface area (TPSA) is 59.1 Å². The lowest BCUT2D eigenvalue weighted by Gasteiger charge is -2.16. The number of aryl methyl sites for hydroxylation is 2. The summed E-state index contributed by atoms with van der Waals surface area (Å²) in [6, 6.07) is 11.5. The fourth-order valence-electron chi connectivity index (χ4n) is 3.30. The molecule has 1 unspecified atom stereocenters. The highest BCUT2D eigenvalue weighted by molar-refractivity contribution is 5.98. The van der Waals surface area contributed by atoms with Gasteiger partial charge in [0.2, 0.25) is 5.91 Å². The summed E-state index contributed by atoms with van der Waals surface area (Å²) in [5.41, 5.74) is 4.21. The van der Waals surface area contributed by atoms with Crippen LogP contribution in [0.4, 0.5) is 0 Å². The first-order valence-corrected chi connectivity index (χ1v) is 8.99. The van der Waals surface area contributed by atoms with Crippen LogP contribution in [0.25, 0.3) is 0 Å². The summed E-state index contributed by atoms with van der Waals surface area (Å²) < 4.78 is 0. The zero-order valence-corrected chi connectivity index (χ0v) is 14.6. The number of benzene rings is 1. The molecule has 1 N–H and O–H groups in total. The van der Waals surface area contributed by atoms with Gasteiger partial charge in [-0.05, 0) is 61.9 Å². The lowest BCUT2D eigenvalue weighted by atomic mass is 9.89. The molecule has 1 aliphatic rings. The molecule has 1 atom stereocenters. The van der Waals surface area contributed by atoms with Crippen LogP contribution in [0.2, 0.25) is 0 Å². The van der Waals surface area contributed by atoms with Crippen molar-refractivity contribution in [1.82, 2.24) is 10.3 Å². The highest BCUT2D eigenvalue weighted by atomic mass is 16.2. The number of nitrogens with zero attached hydrogens (tertiary/aromatic N) is 1. The van der Waals surface area contributed by atoms with Gasteiger partial charge in [-0.15, -0.1) is 0 Å². The number of fused-ring (bicyclic) bond motifs is 1. The van der Waals surface area contributed by atoms with Crippen molar-refractivity contribution in [3.05, 3.63) is 65.0 Å². The number of nitrogens with one attached hydrogen (secondary N) is 1. The summed E-state index contributed by atoms with van der Waals surface area (Å²) in [5.74, 6) is -0.0847. The van der Waals surface area contributed by atoms with Crippen LogP contribution in [-0.2, 0) is 17.6 Å². The molecule has 4 heteroatoms. The second-order valence-electron chi connectivity index (χ2n) is 6.66. The summed E-state index contributed by atoms with van der Waals surface area (Å²) in [4.78, 5) is 28.7. The van der Waals surface area contributed by atoms with E-state index in [9.17, 15) is 9.59 Å². The van der Waals surface area contributed by atoms with Crippen LogP contribution in [0.5, 0.6) is 0 Å². The molecule has 0 aliphatic heterocycles. The average molecular weight is 336 g/mol. The lowest BCUT2D eigenvalue weighted by molar-refractivity contribution is -0.121. The van der Waals surface area contributed by atoms with Crippen LogP contribution in [-0.4, -0.2) is 16.7 Å².